The van der Waals surface area contributed by atoms with Crippen LogP contribution in [0.3, 0.4) is 0 Å². The van der Waals surface area contributed by atoms with E-state index in [1.807, 2.05) is 36.4 Å². The molecule has 2 aromatic carbocycles. The Kier molecular flexibility index (Phi) is 8.72. The third-order valence-electron chi connectivity index (χ3n) is 3.56. The van der Waals surface area contributed by atoms with Gasteiger partial charge in [-0.15, -0.1) is 0 Å². The first-order valence-electron chi connectivity index (χ1n) is 8.30. The predicted octanol–water partition coefficient (Wildman–Crippen LogP) is 3.74. The van der Waals surface area contributed by atoms with Crippen molar-refractivity contribution in [3.05, 3.63) is 63.1 Å². The number of aliphatic hydroxyl groups is 1. The summed E-state index contributed by atoms with van der Waals surface area (Å²) in [6.45, 7) is 5.21. The lowest BCUT2D eigenvalue weighted by Crippen LogP contribution is -2.31. The zero-order valence-corrected chi connectivity index (χ0v) is 16.6. The number of rotatable bonds is 10. The van der Waals surface area contributed by atoms with Crippen molar-refractivity contribution in [1.82, 2.24) is 10.6 Å². The molecule has 0 bridgehead atoms. The van der Waals surface area contributed by atoms with Gasteiger partial charge in [0.25, 0.3) is 0 Å². The number of aliphatic hydroxyl groups excluding tert-OH is 1. The second kappa shape index (κ2) is 10.8. The third-order valence-corrected chi connectivity index (χ3v) is 4.31. The fourth-order valence-corrected chi connectivity index (χ4v) is 2.81. The van der Waals surface area contributed by atoms with Gasteiger partial charge in [-0.1, -0.05) is 39.7 Å². The van der Waals surface area contributed by atoms with Gasteiger partial charge < -0.3 is 20.5 Å². The molecule has 0 unspecified atom stereocenters. The summed E-state index contributed by atoms with van der Waals surface area (Å²) in [5.41, 5.74) is 2.17. The normalized spacial score (nSPS) is 12.2. The van der Waals surface area contributed by atoms with Crippen molar-refractivity contribution >= 4 is 27.5 Å². The van der Waals surface area contributed by atoms with Crippen molar-refractivity contribution in [2.45, 2.75) is 26.2 Å². The molecule has 2 rings (SSSR count). The van der Waals surface area contributed by atoms with Crippen LogP contribution in [0.5, 0.6) is 5.75 Å². The average molecular weight is 428 g/mol. The van der Waals surface area contributed by atoms with Crippen molar-refractivity contribution in [3.8, 4) is 5.75 Å². The summed E-state index contributed by atoms with van der Waals surface area (Å²) in [6, 6.07) is 13.7. The third kappa shape index (κ3) is 7.75. The van der Waals surface area contributed by atoms with Crippen LogP contribution in [-0.2, 0) is 13.2 Å². The Balaban J connectivity index is 1.85. The van der Waals surface area contributed by atoms with Gasteiger partial charge in [0, 0.05) is 41.2 Å². The second-order valence-electron chi connectivity index (χ2n) is 5.90. The highest BCUT2D eigenvalue weighted by Crippen LogP contribution is 2.24. The van der Waals surface area contributed by atoms with E-state index < -0.39 is 0 Å². The molecule has 0 aliphatic carbocycles. The van der Waals surface area contributed by atoms with Gasteiger partial charge in [-0.05, 0) is 42.8 Å². The molecule has 0 saturated carbocycles. The average Bonchev–Trinajstić information content (AvgIpc) is 2.58. The predicted molar refractivity (Wildman–Crippen MR) is 106 cm³/mol. The Morgan fingerprint density at radius 1 is 1.12 bits per heavy atom. The number of hydrogen-bond donors (Lipinski definition) is 3. The molecular weight excluding hydrogens is 404 g/mol. The summed E-state index contributed by atoms with van der Waals surface area (Å²) in [7, 11) is 0. The van der Waals surface area contributed by atoms with Gasteiger partial charge in [0.1, 0.15) is 12.4 Å². The standard InChI is InChI=1S/C19H24BrClN2O2/c1-14(24)11-22-8-9-23-12-16-10-17(20)4-7-19(16)25-13-15-2-5-18(21)6-3-15/h2-7,10,14,22-24H,8-9,11-13H2,1H3/t14-/m1/s1. The van der Waals surface area contributed by atoms with Crippen LogP contribution in [0.4, 0.5) is 0 Å². The summed E-state index contributed by atoms with van der Waals surface area (Å²) in [5, 5.41) is 16.5. The number of benzene rings is 2. The molecular formula is C19H24BrClN2O2. The van der Waals surface area contributed by atoms with Crippen LogP contribution in [0.1, 0.15) is 18.1 Å². The minimum Gasteiger partial charge on any atom is -0.489 e. The van der Waals surface area contributed by atoms with Gasteiger partial charge in [-0.25, -0.2) is 0 Å². The second-order valence-corrected chi connectivity index (χ2v) is 7.25. The molecule has 0 aromatic heterocycles. The highest BCUT2D eigenvalue weighted by atomic mass is 79.9. The Hall–Kier alpha value is -1.11. The monoisotopic (exact) mass is 426 g/mol. The van der Waals surface area contributed by atoms with Crippen molar-refractivity contribution in [3.63, 3.8) is 0 Å². The molecule has 0 radical (unpaired) electrons. The largest absolute Gasteiger partial charge is 0.489 e. The Morgan fingerprint density at radius 3 is 2.56 bits per heavy atom. The van der Waals surface area contributed by atoms with Crippen molar-refractivity contribution < 1.29 is 9.84 Å². The molecule has 2 aromatic rings. The van der Waals surface area contributed by atoms with Gasteiger partial charge in [-0.3, -0.25) is 0 Å². The molecule has 136 valence electrons. The first-order valence-corrected chi connectivity index (χ1v) is 9.47. The lowest BCUT2D eigenvalue weighted by atomic mass is 10.2. The first kappa shape index (κ1) is 20.2. The highest BCUT2D eigenvalue weighted by Gasteiger charge is 2.05. The van der Waals surface area contributed by atoms with Gasteiger partial charge in [0.2, 0.25) is 0 Å². The maximum atomic E-state index is 9.21. The van der Waals surface area contributed by atoms with Crippen LogP contribution in [0.2, 0.25) is 5.02 Å². The van der Waals surface area contributed by atoms with E-state index >= 15 is 0 Å². The van der Waals surface area contributed by atoms with Gasteiger partial charge in [0.15, 0.2) is 0 Å². The molecule has 4 nitrogen and oxygen atoms in total. The summed E-state index contributed by atoms with van der Waals surface area (Å²) in [4.78, 5) is 0. The van der Waals surface area contributed by atoms with Gasteiger partial charge in [-0.2, -0.15) is 0 Å². The summed E-state index contributed by atoms with van der Waals surface area (Å²) in [6.07, 6.45) is -0.321. The van der Waals surface area contributed by atoms with E-state index in [2.05, 4.69) is 32.6 Å². The molecule has 6 heteroatoms. The summed E-state index contributed by atoms with van der Waals surface area (Å²) in [5.74, 6) is 0.864. The Bertz CT molecular complexity index is 650. The lowest BCUT2D eigenvalue weighted by molar-refractivity contribution is 0.191. The van der Waals surface area contributed by atoms with E-state index in [4.69, 9.17) is 16.3 Å². The van der Waals surface area contributed by atoms with Crippen molar-refractivity contribution in [2.24, 2.45) is 0 Å². The number of nitrogens with one attached hydrogen (secondary N) is 2. The maximum absolute atomic E-state index is 9.21. The van der Waals surface area contributed by atoms with Crippen LogP contribution < -0.4 is 15.4 Å². The van der Waals surface area contributed by atoms with Crippen LogP contribution in [0, 0.1) is 0 Å². The van der Waals surface area contributed by atoms with E-state index in [-0.39, 0.29) is 6.10 Å². The zero-order chi connectivity index (χ0) is 18.1. The SMILES string of the molecule is C[C@@H](O)CNCCNCc1cc(Br)ccc1OCc1ccc(Cl)cc1. The fourth-order valence-electron chi connectivity index (χ4n) is 2.28. The van der Waals surface area contributed by atoms with Gasteiger partial charge in [0.05, 0.1) is 6.10 Å². The molecule has 0 fully saturated rings. The topological polar surface area (TPSA) is 53.5 Å². The fraction of sp³-hybridized carbons (Fsp3) is 0.368. The maximum Gasteiger partial charge on any atom is 0.124 e. The molecule has 0 spiro atoms. The van der Waals surface area contributed by atoms with E-state index in [9.17, 15) is 5.11 Å². The number of hydrogen-bond acceptors (Lipinski definition) is 4. The van der Waals surface area contributed by atoms with Crippen molar-refractivity contribution in [1.29, 1.82) is 0 Å². The zero-order valence-electron chi connectivity index (χ0n) is 14.3. The highest BCUT2D eigenvalue weighted by molar-refractivity contribution is 9.10. The molecule has 25 heavy (non-hydrogen) atoms. The molecule has 0 amide bonds. The van der Waals surface area contributed by atoms with Gasteiger partial charge >= 0.3 is 0 Å². The van der Waals surface area contributed by atoms with Crippen molar-refractivity contribution in [2.75, 3.05) is 19.6 Å². The minimum absolute atomic E-state index is 0.321. The molecule has 0 aliphatic rings. The smallest absolute Gasteiger partial charge is 0.124 e. The minimum atomic E-state index is -0.321. The van der Waals surface area contributed by atoms with E-state index in [1.54, 1.807) is 6.92 Å². The quantitative estimate of drug-likeness (QED) is 0.506. The van der Waals surface area contributed by atoms with E-state index in [0.29, 0.717) is 19.7 Å². The van der Waals surface area contributed by atoms with E-state index in [0.717, 1.165) is 39.5 Å². The Labute approximate surface area is 162 Å². The summed E-state index contributed by atoms with van der Waals surface area (Å²) >= 11 is 9.42. The molecule has 0 aliphatic heterocycles. The number of halogens is 2. The van der Waals surface area contributed by atoms with Crippen LogP contribution in [0.25, 0.3) is 0 Å². The summed E-state index contributed by atoms with van der Waals surface area (Å²) < 4.78 is 7.00. The molecule has 0 saturated heterocycles. The van der Waals surface area contributed by atoms with Crippen LogP contribution in [0.15, 0.2) is 46.9 Å². The lowest BCUT2D eigenvalue weighted by Gasteiger charge is -2.13. The first-order chi connectivity index (χ1) is 12.0. The van der Waals surface area contributed by atoms with Crippen LogP contribution >= 0.6 is 27.5 Å². The number of ether oxygens (including phenoxy) is 1. The Morgan fingerprint density at radius 2 is 1.84 bits per heavy atom. The molecule has 0 heterocycles. The van der Waals surface area contributed by atoms with E-state index in [1.165, 1.54) is 0 Å². The van der Waals surface area contributed by atoms with Crippen LogP contribution in [-0.4, -0.2) is 30.8 Å². The molecule has 3 N–H and O–H groups in total. The molecule has 1 atom stereocenters.